The van der Waals surface area contributed by atoms with Crippen LogP contribution in [0.1, 0.15) is 18.1 Å². The first-order valence-corrected chi connectivity index (χ1v) is 5.91. The summed E-state index contributed by atoms with van der Waals surface area (Å²) in [6.07, 6.45) is 0. The monoisotopic (exact) mass is 244 g/mol. The molecule has 0 amide bonds. The smallest absolute Gasteiger partial charge is 0.137 e. The first-order chi connectivity index (χ1) is 8.52. The molecule has 0 heterocycles. The SMILES string of the molecule is CC[N+](C)(C)CCOc1ccc(C#N)c(C#N)c1. The maximum Gasteiger partial charge on any atom is 0.137 e. The minimum Gasteiger partial charge on any atom is -0.488 e. The Morgan fingerprint density at radius 1 is 1.17 bits per heavy atom. The van der Waals surface area contributed by atoms with Crippen molar-refractivity contribution in [1.82, 2.24) is 0 Å². The van der Waals surface area contributed by atoms with E-state index in [1.807, 2.05) is 12.1 Å². The predicted molar refractivity (Wildman–Crippen MR) is 68.9 cm³/mol. The van der Waals surface area contributed by atoms with Gasteiger partial charge in [0, 0.05) is 0 Å². The zero-order valence-electron chi connectivity index (χ0n) is 11.1. The van der Waals surface area contributed by atoms with Crippen molar-refractivity contribution in [1.29, 1.82) is 10.5 Å². The molecule has 0 radical (unpaired) electrons. The molecule has 0 aliphatic rings. The third-order valence-electron chi connectivity index (χ3n) is 3.05. The first kappa shape index (κ1) is 14.0. The molecule has 0 fully saturated rings. The van der Waals surface area contributed by atoms with Crippen molar-refractivity contribution in [3.8, 4) is 17.9 Å². The fourth-order valence-electron chi connectivity index (χ4n) is 1.37. The molecule has 0 aliphatic carbocycles. The fraction of sp³-hybridized carbons (Fsp3) is 0.429. The van der Waals surface area contributed by atoms with Crippen molar-refractivity contribution in [2.45, 2.75) is 6.92 Å². The number of quaternary nitrogens is 1. The van der Waals surface area contributed by atoms with Gasteiger partial charge in [-0.05, 0) is 25.1 Å². The highest BCUT2D eigenvalue weighted by Gasteiger charge is 2.11. The van der Waals surface area contributed by atoms with Crippen LogP contribution in [-0.2, 0) is 0 Å². The van der Waals surface area contributed by atoms with Crippen LogP contribution in [-0.4, -0.2) is 38.3 Å². The van der Waals surface area contributed by atoms with Crippen LogP contribution in [0.4, 0.5) is 0 Å². The second-order valence-corrected chi connectivity index (χ2v) is 4.76. The quantitative estimate of drug-likeness (QED) is 0.743. The molecule has 0 bridgehead atoms. The van der Waals surface area contributed by atoms with Crippen molar-refractivity contribution in [3.63, 3.8) is 0 Å². The maximum atomic E-state index is 8.91. The van der Waals surface area contributed by atoms with Gasteiger partial charge in [0.25, 0.3) is 0 Å². The van der Waals surface area contributed by atoms with Gasteiger partial charge in [-0.2, -0.15) is 10.5 Å². The molecule has 94 valence electrons. The third-order valence-corrected chi connectivity index (χ3v) is 3.05. The van der Waals surface area contributed by atoms with E-state index >= 15 is 0 Å². The zero-order valence-corrected chi connectivity index (χ0v) is 11.1. The highest BCUT2D eigenvalue weighted by molar-refractivity contribution is 5.49. The van der Waals surface area contributed by atoms with Crippen molar-refractivity contribution in [3.05, 3.63) is 29.3 Å². The van der Waals surface area contributed by atoms with Crippen LogP contribution in [0.5, 0.6) is 5.75 Å². The van der Waals surface area contributed by atoms with Crippen LogP contribution in [0.25, 0.3) is 0 Å². The van der Waals surface area contributed by atoms with Gasteiger partial charge in [-0.15, -0.1) is 0 Å². The van der Waals surface area contributed by atoms with Gasteiger partial charge < -0.3 is 9.22 Å². The van der Waals surface area contributed by atoms with Crippen LogP contribution in [0.3, 0.4) is 0 Å². The molecule has 18 heavy (non-hydrogen) atoms. The zero-order chi connectivity index (χ0) is 13.6. The Hall–Kier alpha value is -2.04. The molecule has 0 saturated carbocycles. The molecule has 0 spiro atoms. The molecule has 0 saturated heterocycles. The molecular formula is C14H18N3O+. The van der Waals surface area contributed by atoms with Crippen molar-refractivity contribution < 1.29 is 9.22 Å². The molecule has 1 aromatic carbocycles. The number of nitrogens with zero attached hydrogens (tertiary/aromatic N) is 3. The molecule has 1 aromatic rings. The van der Waals surface area contributed by atoms with E-state index in [9.17, 15) is 0 Å². The third kappa shape index (κ3) is 3.76. The molecule has 0 N–H and O–H groups in total. The predicted octanol–water partition coefficient (Wildman–Crippen LogP) is 1.91. The average Bonchev–Trinajstić information content (AvgIpc) is 2.38. The van der Waals surface area contributed by atoms with E-state index in [1.54, 1.807) is 18.2 Å². The second kappa shape index (κ2) is 6.05. The summed E-state index contributed by atoms with van der Waals surface area (Å²) in [5, 5.41) is 17.7. The fourth-order valence-corrected chi connectivity index (χ4v) is 1.37. The first-order valence-electron chi connectivity index (χ1n) is 5.91. The summed E-state index contributed by atoms with van der Waals surface area (Å²) in [5.74, 6) is 0.640. The number of nitriles is 2. The van der Waals surface area contributed by atoms with Crippen molar-refractivity contribution in [2.24, 2.45) is 0 Å². The van der Waals surface area contributed by atoms with Crippen molar-refractivity contribution >= 4 is 0 Å². The lowest BCUT2D eigenvalue weighted by atomic mass is 10.1. The van der Waals surface area contributed by atoms with E-state index in [0.717, 1.165) is 17.6 Å². The Balaban J connectivity index is 2.65. The molecular weight excluding hydrogens is 226 g/mol. The molecule has 0 aromatic heterocycles. The summed E-state index contributed by atoms with van der Waals surface area (Å²) in [6.45, 7) is 4.67. The summed E-state index contributed by atoms with van der Waals surface area (Å²) in [6, 6.07) is 8.94. The lowest BCUT2D eigenvalue weighted by Crippen LogP contribution is -2.42. The van der Waals surface area contributed by atoms with Crippen LogP contribution in [0.15, 0.2) is 18.2 Å². The Kier molecular flexibility index (Phi) is 4.71. The average molecular weight is 244 g/mol. The number of likely N-dealkylation sites (N-methyl/N-ethyl adjacent to an activating group) is 1. The van der Waals surface area contributed by atoms with Crippen LogP contribution >= 0.6 is 0 Å². The number of hydrogen-bond acceptors (Lipinski definition) is 3. The van der Waals surface area contributed by atoms with E-state index in [1.165, 1.54) is 0 Å². The van der Waals surface area contributed by atoms with Gasteiger partial charge >= 0.3 is 0 Å². The van der Waals surface area contributed by atoms with Gasteiger partial charge in [-0.3, -0.25) is 0 Å². The van der Waals surface area contributed by atoms with Crippen LogP contribution in [0, 0.1) is 22.7 Å². The van der Waals surface area contributed by atoms with Crippen LogP contribution < -0.4 is 4.74 Å². The largest absolute Gasteiger partial charge is 0.488 e. The molecule has 0 aliphatic heterocycles. The number of benzene rings is 1. The van der Waals surface area contributed by atoms with E-state index in [4.69, 9.17) is 15.3 Å². The number of ether oxygens (including phenoxy) is 1. The lowest BCUT2D eigenvalue weighted by Gasteiger charge is -2.27. The molecule has 4 heteroatoms. The Morgan fingerprint density at radius 2 is 1.83 bits per heavy atom. The number of hydrogen-bond donors (Lipinski definition) is 0. The highest BCUT2D eigenvalue weighted by atomic mass is 16.5. The van der Waals surface area contributed by atoms with Crippen LogP contribution in [0.2, 0.25) is 0 Å². The van der Waals surface area contributed by atoms with E-state index in [0.29, 0.717) is 23.5 Å². The lowest BCUT2D eigenvalue weighted by molar-refractivity contribution is -0.888. The van der Waals surface area contributed by atoms with Gasteiger partial charge in [-0.1, -0.05) is 0 Å². The topological polar surface area (TPSA) is 56.8 Å². The van der Waals surface area contributed by atoms with Gasteiger partial charge in [0.1, 0.15) is 31.0 Å². The molecule has 1 rings (SSSR count). The summed E-state index contributed by atoms with van der Waals surface area (Å²) in [7, 11) is 4.28. The Bertz CT molecular complexity index is 495. The Morgan fingerprint density at radius 3 is 2.39 bits per heavy atom. The minimum absolute atomic E-state index is 0.360. The van der Waals surface area contributed by atoms with Gasteiger partial charge in [0.05, 0.1) is 31.8 Å². The van der Waals surface area contributed by atoms with Gasteiger partial charge in [-0.25, -0.2) is 0 Å². The second-order valence-electron chi connectivity index (χ2n) is 4.76. The summed E-state index contributed by atoms with van der Waals surface area (Å²) in [4.78, 5) is 0. The van der Waals surface area contributed by atoms with Crippen molar-refractivity contribution in [2.75, 3.05) is 33.8 Å². The maximum absolute atomic E-state index is 8.91. The summed E-state index contributed by atoms with van der Waals surface area (Å²) in [5.41, 5.74) is 0.744. The normalized spacial score (nSPS) is 10.5. The molecule has 0 atom stereocenters. The molecule has 0 unspecified atom stereocenters. The van der Waals surface area contributed by atoms with E-state index in [-0.39, 0.29) is 0 Å². The highest BCUT2D eigenvalue weighted by Crippen LogP contribution is 2.16. The van der Waals surface area contributed by atoms with Gasteiger partial charge in [0.2, 0.25) is 0 Å². The minimum atomic E-state index is 0.360. The standard InChI is InChI=1S/C14H18N3O/c1-4-17(2,3)7-8-18-14-6-5-12(10-15)13(9-14)11-16/h5-6,9H,4,7-8H2,1-3H3/q+1. The molecule has 4 nitrogen and oxygen atoms in total. The summed E-state index contributed by atoms with van der Waals surface area (Å²) < 4.78 is 6.50. The number of rotatable bonds is 5. The van der Waals surface area contributed by atoms with E-state index < -0.39 is 0 Å². The summed E-state index contributed by atoms with van der Waals surface area (Å²) >= 11 is 0. The van der Waals surface area contributed by atoms with E-state index in [2.05, 4.69) is 21.0 Å². The Labute approximate surface area is 108 Å². The van der Waals surface area contributed by atoms with Gasteiger partial charge in [0.15, 0.2) is 0 Å².